The Kier molecular flexibility index (Phi) is 2.68. The summed E-state index contributed by atoms with van der Waals surface area (Å²) in [5.74, 6) is -0.773. The highest BCUT2D eigenvalue weighted by molar-refractivity contribution is 5.87. The fraction of sp³-hybridized carbons (Fsp3) is 0.455. The summed E-state index contributed by atoms with van der Waals surface area (Å²) >= 11 is 0. The van der Waals surface area contributed by atoms with Crippen LogP contribution in [0.1, 0.15) is 31.4 Å². The van der Waals surface area contributed by atoms with Crippen LogP contribution >= 0.6 is 0 Å². The number of aromatic nitrogens is 2. The van der Waals surface area contributed by atoms with Crippen LogP contribution in [-0.4, -0.2) is 26.8 Å². The quantitative estimate of drug-likeness (QED) is 0.802. The highest BCUT2D eigenvalue weighted by atomic mass is 16.4. The third-order valence-corrected chi connectivity index (χ3v) is 3.14. The van der Waals surface area contributed by atoms with Gasteiger partial charge in [0.05, 0.1) is 5.69 Å². The molecule has 1 aliphatic carbocycles. The molecule has 5 heteroatoms. The average molecular weight is 220 g/mol. The molecule has 1 aromatic heterocycles. The number of ketones is 1. The number of Topliss-reactive ketones (excluding diaryl/α,β-unsaturated/α-hetero) is 1. The molecule has 0 atom stereocenters. The molecule has 0 aliphatic heterocycles. The summed E-state index contributed by atoms with van der Waals surface area (Å²) < 4.78 is 0. The molecule has 0 saturated heterocycles. The first-order chi connectivity index (χ1) is 7.65. The number of hydrogen-bond acceptors (Lipinski definition) is 4. The van der Waals surface area contributed by atoms with Crippen molar-refractivity contribution in [2.75, 3.05) is 0 Å². The van der Waals surface area contributed by atoms with Gasteiger partial charge in [0, 0.05) is 19.0 Å². The smallest absolute Gasteiger partial charge is 0.315 e. The van der Waals surface area contributed by atoms with Gasteiger partial charge in [-0.3, -0.25) is 9.59 Å². The SMILES string of the molecule is O=C1CCC(C(=O)O)(c2ccncn2)CC1. The van der Waals surface area contributed by atoms with Gasteiger partial charge in [0.1, 0.15) is 17.5 Å². The highest BCUT2D eigenvalue weighted by Crippen LogP contribution is 2.37. The fourth-order valence-electron chi connectivity index (χ4n) is 2.11. The van der Waals surface area contributed by atoms with Gasteiger partial charge < -0.3 is 5.11 Å². The fourth-order valence-corrected chi connectivity index (χ4v) is 2.11. The van der Waals surface area contributed by atoms with Crippen molar-refractivity contribution in [2.24, 2.45) is 0 Å². The summed E-state index contributed by atoms with van der Waals surface area (Å²) in [5.41, 5.74) is -0.501. The molecule has 1 N–H and O–H groups in total. The molecule has 84 valence electrons. The number of carboxylic acid groups (broad SMARTS) is 1. The second-order valence-electron chi connectivity index (χ2n) is 4.02. The van der Waals surface area contributed by atoms with E-state index in [0.29, 0.717) is 31.4 Å². The van der Waals surface area contributed by atoms with E-state index in [1.54, 1.807) is 6.07 Å². The van der Waals surface area contributed by atoms with Crippen LogP contribution in [0.2, 0.25) is 0 Å². The molecular formula is C11H12N2O3. The van der Waals surface area contributed by atoms with E-state index in [1.807, 2.05) is 0 Å². The van der Waals surface area contributed by atoms with E-state index in [4.69, 9.17) is 0 Å². The predicted octanol–water partition coefficient (Wildman–Crippen LogP) is 0.942. The van der Waals surface area contributed by atoms with Gasteiger partial charge in [0.15, 0.2) is 0 Å². The number of hydrogen-bond donors (Lipinski definition) is 1. The first kappa shape index (κ1) is 10.7. The first-order valence-corrected chi connectivity index (χ1v) is 5.17. The molecule has 0 radical (unpaired) electrons. The molecule has 1 aromatic rings. The van der Waals surface area contributed by atoms with Crippen molar-refractivity contribution in [3.63, 3.8) is 0 Å². The maximum absolute atomic E-state index is 11.4. The zero-order valence-corrected chi connectivity index (χ0v) is 8.72. The lowest BCUT2D eigenvalue weighted by molar-refractivity contribution is -0.146. The largest absolute Gasteiger partial charge is 0.481 e. The summed E-state index contributed by atoms with van der Waals surface area (Å²) in [5, 5.41) is 9.36. The number of aliphatic carboxylic acids is 1. The second-order valence-corrected chi connectivity index (χ2v) is 4.02. The Morgan fingerprint density at radius 3 is 2.56 bits per heavy atom. The molecule has 0 amide bonds. The third kappa shape index (κ3) is 1.68. The van der Waals surface area contributed by atoms with Crippen molar-refractivity contribution in [2.45, 2.75) is 31.1 Å². The molecule has 1 aliphatic rings. The maximum Gasteiger partial charge on any atom is 0.315 e. The van der Waals surface area contributed by atoms with Crippen LogP contribution in [0.4, 0.5) is 0 Å². The molecule has 16 heavy (non-hydrogen) atoms. The second kappa shape index (κ2) is 4.00. The Hall–Kier alpha value is -1.78. The highest BCUT2D eigenvalue weighted by Gasteiger charge is 2.44. The van der Waals surface area contributed by atoms with Gasteiger partial charge in [-0.25, -0.2) is 9.97 Å². The maximum atomic E-state index is 11.4. The normalized spacial score (nSPS) is 19.4. The summed E-state index contributed by atoms with van der Waals surface area (Å²) in [7, 11) is 0. The van der Waals surface area contributed by atoms with Gasteiger partial charge in [-0.15, -0.1) is 0 Å². The van der Waals surface area contributed by atoms with E-state index in [2.05, 4.69) is 9.97 Å². The van der Waals surface area contributed by atoms with Crippen LogP contribution < -0.4 is 0 Å². The first-order valence-electron chi connectivity index (χ1n) is 5.17. The lowest BCUT2D eigenvalue weighted by Crippen LogP contribution is -2.40. The third-order valence-electron chi connectivity index (χ3n) is 3.14. The monoisotopic (exact) mass is 220 g/mol. The molecule has 1 fully saturated rings. The van der Waals surface area contributed by atoms with Crippen molar-refractivity contribution in [1.82, 2.24) is 9.97 Å². The topological polar surface area (TPSA) is 80.2 Å². The molecule has 0 bridgehead atoms. The number of nitrogens with zero attached hydrogens (tertiary/aromatic N) is 2. The Bertz CT molecular complexity index is 406. The lowest BCUT2D eigenvalue weighted by Gasteiger charge is -2.31. The Morgan fingerprint density at radius 1 is 1.38 bits per heavy atom. The zero-order valence-electron chi connectivity index (χ0n) is 8.72. The molecule has 1 heterocycles. The summed E-state index contributed by atoms with van der Waals surface area (Å²) in [6.45, 7) is 0. The molecule has 0 unspecified atom stereocenters. The lowest BCUT2D eigenvalue weighted by atomic mass is 9.71. The molecule has 5 nitrogen and oxygen atoms in total. The van der Waals surface area contributed by atoms with Gasteiger partial charge in [0.2, 0.25) is 0 Å². The molecule has 1 saturated carbocycles. The van der Waals surface area contributed by atoms with E-state index in [-0.39, 0.29) is 5.78 Å². The van der Waals surface area contributed by atoms with Crippen LogP contribution in [0.25, 0.3) is 0 Å². The summed E-state index contributed by atoms with van der Waals surface area (Å²) in [4.78, 5) is 30.4. The van der Waals surface area contributed by atoms with E-state index >= 15 is 0 Å². The Labute approximate surface area is 92.5 Å². The van der Waals surface area contributed by atoms with E-state index in [1.165, 1.54) is 12.5 Å². The minimum Gasteiger partial charge on any atom is -0.481 e. The number of carbonyl (C=O) groups is 2. The van der Waals surface area contributed by atoms with Gasteiger partial charge in [0.25, 0.3) is 0 Å². The van der Waals surface area contributed by atoms with Crippen molar-refractivity contribution >= 4 is 11.8 Å². The molecule has 2 rings (SSSR count). The number of carboxylic acids is 1. The molecule has 0 aromatic carbocycles. The Morgan fingerprint density at radius 2 is 2.06 bits per heavy atom. The van der Waals surface area contributed by atoms with Crippen molar-refractivity contribution < 1.29 is 14.7 Å². The summed E-state index contributed by atoms with van der Waals surface area (Å²) in [6, 6.07) is 1.61. The standard InChI is InChI=1S/C11H12N2O3/c14-8-1-4-11(5-2-8,10(15)16)9-3-6-12-7-13-9/h3,6-7H,1-2,4-5H2,(H,15,16). The number of carbonyl (C=O) groups excluding carboxylic acids is 1. The zero-order chi connectivity index (χ0) is 11.6. The number of rotatable bonds is 2. The van der Waals surface area contributed by atoms with Crippen LogP contribution in [-0.2, 0) is 15.0 Å². The van der Waals surface area contributed by atoms with Crippen molar-refractivity contribution in [1.29, 1.82) is 0 Å². The molecule has 0 spiro atoms. The van der Waals surface area contributed by atoms with Gasteiger partial charge in [-0.1, -0.05) is 0 Å². The van der Waals surface area contributed by atoms with E-state index in [0.717, 1.165) is 0 Å². The van der Waals surface area contributed by atoms with Gasteiger partial charge in [-0.05, 0) is 18.9 Å². The van der Waals surface area contributed by atoms with Crippen LogP contribution in [0.15, 0.2) is 18.6 Å². The van der Waals surface area contributed by atoms with Crippen molar-refractivity contribution in [3.05, 3.63) is 24.3 Å². The average Bonchev–Trinajstić information content (AvgIpc) is 2.31. The van der Waals surface area contributed by atoms with Gasteiger partial charge >= 0.3 is 5.97 Å². The van der Waals surface area contributed by atoms with E-state index < -0.39 is 11.4 Å². The Balaban J connectivity index is 2.37. The predicted molar refractivity (Wildman–Crippen MR) is 54.8 cm³/mol. The van der Waals surface area contributed by atoms with Crippen LogP contribution in [0, 0.1) is 0 Å². The van der Waals surface area contributed by atoms with Crippen LogP contribution in [0.5, 0.6) is 0 Å². The molecular weight excluding hydrogens is 208 g/mol. The minimum atomic E-state index is -1.00. The van der Waals surface area contributed by atoms with Gasteiger partial charge in [-0.2, -0.15) is 0 Å². The van der Waals surface area contributed by atoms with Crippen LogP contribution in [0.3, 0.4) is 0 Å². The minimum absolute atomic E-state index is 0.130. The van der Waals surface area contributed by atoms with Crippen molar-refractivity contribution in [3.8, 4) is 0 Å². The van der Waals surface area contributed by atoms with E-state index in [9.17, 15) is 14.7 Å². The summed E-state index contributed by atoms with van der Waals surface area (Å²) in [6.07, 6.45) is 4.17.